The van der Waals surface area contributed by atoms with Crippen LogP contribution in [-0.4, -0.2) is 5.92 Å². The first-order chi connectivity index (χ1) is 13.7. The first-order valence-electron chi connectivity index (χ1n) is 10.3. The first kappa shape index (κ1) is 21.8. The third kappa shape index (κ3) is 4.99. The molecule has 0 aromatic heterocycles. The van der Waals surface area contributed by atoms with Crippen molar-refractivity contribution >= 4 is 0 Å². The molecule has 0 nitrogen and oxygen atoms in total. The maximum atomic E-state index is 14.8. The predicted octanol–water partition coefficient (Wildman–Crippen LogP) is 7.86. The lowest BCUT2D eigenvalue weighted by atomic mass is 9.76. The summed E-state index contributed by atoms with van der Waals surface area (Å²) in [4.78, 5) is 0. The van der Waals surface area contributed by atoms with E-state index in [2.05, 4.69) is 6.92 Å². The van der Waals surface area contributed by atoms with Crippen molar-refractivity contribution in [1.29, 1.82) is 0 Å². The second-order valence-corrected chi connectivity index (χ2v) is 8.32. The molecular weight excluding hydrogens is 383 g/mol. The van der Waals surface area contributed by atoms with Crippen LogP contribution in [0.2, 0.25) is 0 Å². The zero-order valence-electron chi connectivity index (χ0n) is 16.9. The van der Waals surface area contributed by atoms with Gasteiger partial charge in [0.25, 0.3) is 5.92 Å². The van der Waals surface area contributed by atoms with Gasteiger partial charge in [-0.15, -0.1) is 0 Å². The average Bonchev–Trinajstić information content (AvgIpc) is 2.66. The van der Waals surface area contributed by atoms with Gasteiger partial charge in [-0.25, -0.2) is 22.0 Å². The Balaban J connectivity index is 1.73. The monoisotopic (exact) mass is 410 g/mol. The van der Waals surface area contributed by atoms with Gasteiger partial charge in [0, 0.05) is 23.5 Å². The Morgan fingerprint density at radius 1 is 0.897 bits per heavy atom. The maximum Gasteiger partial charge on any atom is 0.254 e. The number of benzene rings is 2. The van der Waals surface area contributed by atoms with Crippen molar-refractivity contribution in [2.75, 3.05) is 0 Å². The van der Waals surface area contributed by atoms with Crippen LogP contribution in [0, 0.1) is 36.2 Å². The molecule has 0 unspecified atom stereocenters. The van der Waals surface area contributed by atoms with Gasteiger partial charge in [-0.3, -0.25) is 0 Å². The van der Waals surface area contributed by atoms with Gasteiger partial charge >= 0.3 is 0 Å². The van der Waals surface area contributed by atoms with Crippen molar-refractivity contribution in [3.05, 3.63) is 58.9 Å². The number of hydrogen-bond donors (Lipinski definition) is 0. The topological polar surface area (TPSA) is 0 Å². The van der Waals surface area contributed by atoms with Crippen LogP contribution in [0.15, 0.2) is 30.3 Å². The van der Waals surface area contributed by atoms with Gasteiger partial charge in [0.15, 0.2) is 0 Å². The zero-order valence-corrected chi connectivity index (χ0v) is 16.9. The van der Waals surface area contributed by atoms with Gasteiger partial charge < -0.3 is 0 Å². The van der Waals surface area contributed by atoms with Gasteiger partial charge in [0.05, 0.1) is 0 Å². The summed E-state index contributed by atoms with van der Waals surface area (Å²) >= 11 is 0. The molecule has 0 bridgehead atoms. The van der Waals surface area contributed by atoms with E-state index in [-0.39, 0.29) is 22.3 Å². The highest BCUT2D eigenvalue weighted by Gasteiger charge is 2.41. The van der Waals surface area contributed by atoms with Crippen molar-refractivity contribution in [3.8, 4) is 11.1 Å². The van der Waals surface area contributed by atoms with Crippen LogP contribution in [0.25, 0.3) is 11.1 Å². The van der Waals surface area contributed by atoms with E-state index in [9.17, 15) is 22.0 Å². The van der Waals surface area contributed by atoms with E-state index in [0.717, 1.165) is 43.9 Å². The molecule has 1 saturated carbocycles. The van der Waals surface area contributed by atoms with Crippen molar-refractivity contribution in [1.82, 2.24) is 0 Å². The smallest absolute Gasteiger partial charge is 0.207 e. The molecule has 0 radical (unpaired) electrons. The van der Waals surface area contributed by atoms with Crippen LogP contribution in [-0.2, 0) is 6.42 Å². The molecule has 5 heteroatoms. The van der Waals surface area contributed by atoms with E-state index in [4.69, 9.17) is 0 Å². The van der Waals surface area contributed by atoms with Gasteiger partial charge in [0.1, 0.15) is 17.5 Å². The molecule has 1 aliphatic carbocycles. The van der Waals surface area contributed by atoms with Gasteiger partial charge in [-0.2, -0.15) is 0 Å². The summed E-state index contributed by atoms with van der Waals surface area (Å²) in [5, 5.41) is 0. The standard InChI is InChI=1S/C24H27F5/c1-3-4-16-5-8-19(9-6-16)24(28,29)14-17-7-10-20(23(27)11-17)18-12-21(25)15(2)22(26)13-18/h7,10-13,16,19H,3-6,8-9,14H2,1-2H3. The summed E-state index contributed by atoms with van der Waals surface area (Å²) in [5.41, 5.74) is 0.102. The van der Waals surface area contributed by atoms with Crippen LogP contribution in [0.3, 0.4) is 0 Å². The van der Waals surface area contributed by atoms with E-state index < -0.39 is 35.7 Å². The van der Waals surface area contributed by atoms with Crippen LogP contribution in [0.5, 0.6) is 0 Å². The number of hydrogen-bond acceptors (Lipinski definition) is 0. The molecule has 0 N–H and O–H groups in total. The molecule has 1 fully saturated rings. The molecule has 0 heterocycles. The lowest BCUT2D eigenvalue weighted by molar-refractivity contribution is -0.0746. The minimum Gasteiger partial charge on any atom is -0.207 e. The third-order valence-corrected chi connectivity index (χ3v) is 6.21. The molecule has 158 valence electrons. The Hall–Kier alpha value is -1.91. The summed E-state index contributed by atoms with van der Waals surface area (Å²) < 4.78 is 71.7. The molecule has 0 amide bonds. The molecule has 2 aromatic rings. The fourth-order valence-electron chi connectivity index (χ4n) is 4.40. The Bertz CT molecular complexity index is 827. The first-order valence-corrected chi connectivity index (χ1v) is 10.3. The van der Waals surface area contributed by atoms with E-state index in [0.29, 0.717) is 18.8 Å². The van der Waals surface area contributed by atoms with Crippen molar-refractivity contribution in [3.63, 3.8) is 0 Å². The number of halogens is 5. The SMILES string of the molecule is CCCC1CCC(C(F)(F)Cc2ccc(-c3cc(F)c(C)c(F)c3)c(F)c2)CC1. The summed E-state index contributed by atoms with van der Waals surface area (Å²) in [5.74, 6) is -5.33. The fraction of sp³-hybridized carbons (Fsp3) is 0.500. The van der Waals surface area contributed by atoms with Gasteiger partial charge in [-0.1, -0.05) is 31.9 Å². The number of rotatable bonds is 6. The highest BCUT2D eigenvalue weighted by Crippen LogP contribution is 2.42. The maximum absolute atomic E-state index is 14.8. The molecule has 29 heavy (non-hydrogen) atoms. The Morgan fingerprint density at radius 3 is 2.07 bits per heavy atom. The molecule has 0 saturated heterocycles. The van der Waals surface area contributed by atoms with Crippen molar-refractivity contribution in [2.45, 2.75) is 64.7 Å². The van der Waals surface area contributed by atoms with Crippen LogP contribution in [0.1, 0.15) is 56.6 Å². The summed E-state index contributed by atoms with van der Waals surface area (Å²) in [6, 6.07) is 5.91. The summed E-state index contributed by atoms with van der Waals surface area (Å²) in [6.07, 6.45) is 4.29. The largest absolute Gasteiger partial charge is 0.254 e. The second kappa shape index (κ2) is 8.85. The van der Waals surface area contributed by atoms with E-state index in [1.165, 1.54) is 19.1 Å². The van der Waals surface area contributed by atoms with Gasteiger partial charge in [0.2, 0.25) is 0 Å². The highest BCUT2D eigenvalue weighted by atomic mass is 19.3. The zero-order chi connectivity index (χ0) is 21.2. The van der Waals surface area contributed by atoms with Crippen molar-refractivity contribution < 1.29 is 22.0 Å². The molecule has 0 aliphatic heterocycles. The lowest BCUT2D eigenvalue weighted by Gasteiger charge is -2.33. The molecule has 0 spiro atoms. The fourth-order valence-corrected chi connectivity index (χ4v) is 4.40. The molecule has 3 rings (SSSR count). The molecule has 1 aliphatic rings. The quantitative estimate of drug-likeness (QED) is 0.425. The lowest BCUT2D eigenvalue weighted by Crippen LogP contribution is -2.34. The Kier molecular flexibility index (Phi) is 6.65. The molecular formula is C24H27F5. The van der Waals surface area contributed by atoms with E-state index in [1.807, 2.05) is 0 Å². The van der Waals surface area contributed by atoms with Crippen LogP contribution in [0.4, 0.5) is 22.0 Å². The van der Waals surface area contributed by atoms with Crippen LogP contribution < -0.4 is 0 Å². The second-order valence-electron chi connectivity index (χ2n) is 8.32. The molecule has 2 aromatic carbocycles. The van der Waals surface area contributed by atoms with Crippen LogP contribution >= 0.6 is 0 Å². The minimum atomic E-state index is -2.90. The van der Waals surface area contributed by atoms with Crippen molar-refractivity contribution in [2.24, 2.45) is 11.8 Å². The normalized spacial score (nSPS) is 20.1. The third-order valence-electron chi connectivity index (χ3n) is 6.21. The van der Waals surface area contributed by atoms with E-state index >= 15 is 0 Å². The molecule has 0 atom stereocenters. The minimum absolute atomic E-state index is 0.00469. The highest BCUT2D eigenvalue weighted by molar-refractivity contribution is 5.65. The Labute approximate surface area is 169 Å². The average molecular weight is 410 g/mol. The summed E-state index contributed by atoms with van der Waals surface area (Å²) in [7, 11) is 0. The van der Waals surface area contributed by atoms with Gasteiger partial charge in [-0.05, 0) is 67.9 Å². The predicted molar refractivity (Wildman–Crippen MR) is 105 cm³/mol. The Morgan fingerprint density at radius 2 is 1.52 bits per heavy atom. The number of alkyl halides is 2. The summed E-state index contributed by atoms with van der Waals surface area (Å²) in [6.45, 7) is 3.41. The van der Waals surface area contributed by atoms with E-state index in [1.54, 1.807) is 0 Å².